The fraction of sp³-hybridized carbons (Fsp3) is 0.143. The SMILES string of the molecule is O=S(=O)(Nc1ccc2c(c1)OC(F)(F)O2)c1ccccc1C(F)(F)F. The van der Waals surface area contributed by atoms with Gasteiger partial charge < -0.3 is 9.47 Å². The zero-order chi connectivity index (χ0) is 18.5. The molecule has 3 rings (SSSR count). The molecule has 1 aliphatic heterocycles. The third-order valence-corrected chi connectivity index (χ3v) is 4.57. The molecule has 2 aromatic rings. The molecule has 0 saturated heterocycles. The highest BCUT2D eigenvalue weighted by Gasteiger charge is 2.43. The summed E-state index contributed by atoms with van der Waals surface area (Å²) in [5.74, 6) is -0.780. The molecule has 5 nitrogen and oxygen atoms in total. The van der Waals surface area contributed by atoms with E-state index in [2.05, 4.69) is 9.47 Å². The highest BCUT2D eigenvalue weighted by molar-refractivity contribution is 7.92. The van der Waals surface area contributed by atoms with E-state index in [4.69, 9.17) is 0 Å². The van der Waals surface area contributed by atoms with Crippen molar-refractivity contribution in [1.29, 1.82) is 0 Å². The van der Waals surface area contributed by atoms with Gasteiger partial charge in [-0.3, -0.25) is 4.72 Å². The number of hydrogen-bond acceptors (Lipinski definition) is 4. The molecule has 1 aliphatic rings. The first-order chi connectivity index (χ1) is 11.5. The lowest BCUT2D eigenvalue weighted by Gasteiger charge is -2.14. The molecule has 0 amide bonds. The first kappa shape index (κ1) is 17.3. The smallest absolute Gasteiger partial charge is 0.395 e. The van der Waals surface area contributed by atoms with Crippen LogP contribution >= 0.6 is 0 Å². The first-order valence-corrected chi connectivity index (χ1v) is 8.05. The van der Waals surface area contributed by atoms with E-state index < -0.39 is 38.7 Å². The molecule has 1 N–H and O–H groups in total. The molecule has 0 unspecified atom stereocenters. The summed E-state index contributed by atoms with van der Waals surface area (Å²) in [6.07, 6.45) is -8.79. The average Bonchev–Trinajstić information content (AvgIpc) is 2.79. The van der Waals surface area contributed by atoms with Crippen LogP contribution in [0, 0.1) is 0 Å². The van der Waals surface area contributed by atoms with Crippen LogP contribution in [0.3, 0.4) is 0 Å². The van der Waals surface area contributed by atoms with Crippen LogP contribution in [0.4, 0.5) is 27.6 Å². The van der Waals surface area contributed by atoms with Crippen molar-refractivity contribution in [2.45, 2.75) is 17.4 Å². The molecule has 0 aromatic heterocycles. The Morgan fingerprint density at radius 3 is 2.28 bits per heavy atom. The number of hydrogen-bond donors (Lipinski definition) is 1. The third-order valence-electron chi connectivity index (χ3n) is 3.14. The average molecular weight is 381 g/mol. The van der Waals surface area contributed by atoms with E-state index in [1.807, 2.05) is 4.72 Å². The number of ether oxygens (including phenoxy) is 2. The van der Waals surface area contributed by atoms with Gasteiger partial charge in [-0.15, -0.1) is 8.78 Å². The van der Waals surface area contributed by atoms with E-state index in [1.54, 1.807) is 0 Å². The van der Waals surface area contributed by atoms with Crippen molar-refractivity contribution in [3.63, 3.8) is 0 Å². The van der Waals surface area contributed by atoms with Gasteiger partial charge in [0.2, 0.25) is 0 Å². The van der Waals surface area contributed by atoms with Crippen LogP contribution in [0.15, 0.2) is 47.4 Å². The topological polar surface area (TPSA) is 64.6 Å². The molecule has 2 aromatic carbocycles. The van der Waals surface area contributed by atoms with Crippen molar-refractivity contribution < 1.29 is 39.8 Å². The van der Waals surface area contributed by atoms with Crippen LogP contribution in [0.25, 0.3) is 0 Å². The van der Waals surface area contributed by atoms with E-state index in [0.717, 1.165) is 36.4 Å². The number of nitrogens with one attached hydrogen (secondary N) is 1. The normalized spacial score (nSPS) is 15.9. The Balaban J connectivity index is 1.95. The standard InChI is InChI=1S/C14H8F5NO4S/c15-13(16,17)9-3-1-2-4-12(9)25(21,22)20-8-5-6-10-11(7-8)24-14(18,19)23-10/h1-7,20H. The van der Waals surface area contributed by atoms with Crippen LogP contribution < -0.4 is 14.2 Å². The molecular formula is C14H8F5NO4S. The largest absolute Gasteiger partial charge is 0.586 e. The molecule has 11 heteroatoms. The lowest BCUT2D eigenvalue weighted by Crippen LogP contribution is -2.25. The third kappa shape index (κ3) is 3.45. The zero-order valence-corrected chi connectivity index (χ0v) is 12.8. The monoisotopic (exact) mass is 381 g/mol. The number of anilines is 1. The maximum Gasteiger partial charge on any atom is 0.586 e. The first-order valence-electron chi connectivity index (χ1n) is 6.57. The van der Waals surface area contributed by atoms with Gasteiger partial charge >= 0.3 is 12.5 Å². The van der Waals surface area contributed by atoms with E-state index in [0.29, 0.717) is 6.07 Å². The summed E-state index contributed by atoms with van der Waals surface area (Å²) in [4.78, 5) is -0.995. The van der Waals surface area contributed by atoms with Crippen molar-refractivity contribution >= 4 is 15.7 Å². The van der Waals surface area contributed by atoms with Crippen molar-refractivity contribution in [1.82, 2.24) is 0 Å². The summed E-state index contributed by atoms with van der Waals surface area (Å²) >= 11 is 0. The molecule has 0 aliphatic carbocycles. The van der Waals surface area contributed by atoms with E-state index in [1.165, 1.54) is 0 Å². The molecule has 25 heavy (non-hydrogen) atoms. The minimum Gasteiger partial charge on any atom is -0.395 e. The van der Waals surface area contributed by atoms with Gasteiger partial charge in [0.05, 0.1) is 16.1 Å². The van der Waals surface area contributed by atoms with Gasteiger partial charge in [-0.25, -0.2) is 8.42 Å². The van der Waals surface area contributed by atoms with Crippen molar-refractivity contribution in [2.24, 2.45) is 0 Å². The van der Waals surface area contributed by atoms with Gasteiger partial charge in [-0.1, -0.05) is 12.1 Å². The fourth-order valence-corrected chi connectivity index (χ4v) is 3.44. The van der Waals surface area contributed by atoms with Crippen molar-refractivity contribution in [3.05, 3.63) is 48.0 Å². The van der Waals surface area contributed by atoms with Crippen LogP contribution in [0.5, 0.6) is 11.5 Å². The summed E-state index contributed by atoms with van der Waals surface area (Å²) in [6, 6.07) is 6.51. The second kappa shape index (κ2) is 5.48. The second-order valence-corrected chi connectivity index (χ2v) is 6.58. The van der Waals surface area contributed by atoms with Gasteiger partial charge in [0.15, 0.2) is 11.5 Å². The Morgan fingerprint density at radius 2 is 1.60 bits per heavy atom. The molecule has 0 radical (unpaired) electrons. The zero-order valence-electron chi connectivity index (χ0n) is 12.0. The second-order valence-electron chi connectivity index (χ2n) is 4.93. The van der Waals surface area contributed by atoms with Gasteiger partial charge in [-0.05, 0) is 24.3 Å². The summed E-state index contributed by atoms with van der Waals surface area (Å²) in [5.41, 5.74) is -1.62. The quantitative estimate of drug-likeness (QED) is 0.821. The molecule has 134 valence electrons. The number of halogens is 5. The Labute approximate surface area is 138 Å². The highest BCUT2D eigenvalue weighted by Crippen LogP contribution is 2.42. The van der Waals surface area contributed by atoms with E-state index >= 15 is 0 Å². The summed E-state index contributed by atoms with van der Waals surface area (Å²) in [5, 5.41) is 0. The predicted octanol–water partition coefficient (Wildman–Crippen LogP) is 3.83. The van der Waals surface area contributed by atoms with E-state index in [9.17, 15) is 30.4 Å². The van der Waals surface area contributed by atoms with Gasteiger partial charge in [0, 0.05) is 6.07 Å². The van der Waals surface area contributed by atoms with Crippen LogP contribution in [-0.4, -0.2) is 14.7 Å². The van der Waals surface area contributed by atoms with Crippen LogP contribution in [0.1, 0.15) is 5.56 Å². The molecule has 0 spiro atoms. The number of sulfonamides is 1. The molecule has 0 saturated carbocycles. The molecular weight excluding hydrogens is 373 g/mol. The number of benzene rings is 2. The molecule has 0 atom stereocenters. The minimum atomic E-state index is -4.89. The van der Waals surface area contributed by atoms with Crippen LogP contribution in [-0.2, 0) is 16.2 Å². The highest BCUT2D eigenvalue weighted by atomic mass is 32.2. The van der Waals surface area contributed by atoms with Gasteiger partial charge in [0.1, 0.15) is 0 Å². The maximum atomic E-state index is 13.0. The summed E-state index contributed by atoms with van der Waals surface area (Å²) < 4.78 is 99.5. The number of rotatable bonds is 3. The Hall–Kier alpha value is -2.56. The number of fused-ring (bicyclic) bond motifs is 1. The Kier molecular flexibility index (Phi) is 3.78. The Morgan fingerprint density at radius 1 is 0.960 bits per heavy atom. The van der Waals surface area contributed by atoms with Crippen molar-refractivity contribution in [3.8, 4) is 11.5 Å². The Bertz CT molecular complexity index is 927. The molecule has 0 fully saturated rings. The lowest BCUT2D eigenvalue weighted by atomic mass is 10.2. The van der Waals surface area contributed by atoms with Crippen molar-refractivity contribution in [2.75, 3.05) is 4.72 Å². The lowest BCUT2D eigenvalue weighted by molar-refractivity contribution is -0.286. The molecule has 1 heterocycles. The maximum absolute atomic E-state index is 13.0. The molecule has 0 bridgehead atoms. The van der Waals surface area contributed by atoms with Crippen LogP contribution in [0.2, 0.25) is 0 Å². The van der Waals surface area contributed by atoms with Gasteiger partial charge in [-0.2, -0.15) is 13.2 Å². The fourth-order valence-electron chi connectivity index (χ4n) is 2.16. The summed E-state index contributed by atoms with van der Waals surface area (Å²) in [6.45, 7) is 0. The van der Waals surface area contributed by atoms with E-state index in [-0.39, 0.29) is 11.4 Å². The number of alkyl halides is 5. The van der Waals surface area contributed by atoms with Gasteiger partial charge in [0.25, 0.3) is 10.0 Å². The summed E-state index contributed by atoms with van der Waals surface area (Å²) in [7, 11) is -4.63. The minimum absolute atomic E-state index is 0.267. The predicted molar refractivity (Wildman–Crippen MR) is 74.9 cm³/mol.